The molecular formula is C14H15N7OS. The minimum atomic E-state index is 0.349. The molecule has 0 saturated heterocycles. The summed E-state index contributed by atoms with van der Waals surface area (Å²) in [5.41, 5.74) is 14.8. The van der Waals surface area contributed by atoms with Crippen LogP contribution in [-0.4, -0.2) is 40.1 Å². The fourth-order valence-corrected chi connectivity index (χ4v) is 3.29. The lowest BCUT2D eigenvalue weighted by Crippen LogP contribution is -2.28. The van der Waals surface area contributed by atoms with E-state index in [1.165, 1.54) is 18.1 Å². The fourth-order valence-electron chi connectivity index (χ4n) is 2.46. The third-order valence-corrected chi connectivity index (χ3v) is 4.64. The number of fused-ring (bicyclic) bond motifs is 2. The highest BCUT2D eigenvalue weighted by Crippen LogP contribution is 2.40. The molecule has 0 radical (unpaired) electrons. The SMILES string of the molecule is CN1CCOc2cc(Sc3nc4c(N)ncnc4[nH]3)c(N)cc21. The van der Waals surface area contributed by atoms with Crippen LogP contribution >= 0.6 is 11.8 Å². The minimum Gasteiger partial charge on any atom is -0.490 e. The van der Waals surface area contributed by atoms with Gasteiger partial charge in [0.2, 0.25) is 0 Å². The lowest BCUT2D eigenvalue weighted by molar-refractivity contribution is 0.310. The molecule has 2 aromatic heterocycles. The summed E-state index contributed by atoms with van der Waals surface area (Å²) < 4.78 is 5.72. The number of hydrogen-bond acceptors (Lipinski definition) is 8. The van der Waals surface area contributed by atoms with Crippen molar-refractivity contribution in [1.29, 1.82) is 0 Å². The number of H-pyrrole nitrogens is 1. The first-order valence-corrected chi connectivity index (χ1v) is 7.85. The van der Waals surface area contributed by atoms with Crippen molar-refractivity contribution in [1.82, 2.24) is 19.9 Å². The summed E-state index contributed by atoms with van der Waals surface area (Å²) in [5.74, 6) is 1.17. The van der Waals surface area contributed by atoms with E-state index < -0.39 is 0 Å². The van der Waals surface area contributed by atoms with E-state index in [9.17, 15) is 0 Å². The minimum absolute atomic E-state index is 0.349. The van der Waals surface area contributed by atoms with Gasteiger partial charge in [0.1, 0.15) is 18.7 Å². The van der Waals surface area contributed by atoms with Crippen LogP contribution in [0.3, 0.4) is 0 Å². The van der Waals surface area contributed by atoms with Gasteiger partial charge >= 0.3 is 0 Å². The molecule has 4 rings (SSSR count). The van der Waals surface area contributed by atoms with Crippen LogP contribution in [0.5, 0.6) is 5.75 Å². The standard InChI is InChI=1S/C14H15N7OS/c1-21-2-3-22-9-5-10(7(15)4-8(9)21)23-14-19-11-12(16)17-6-18-13(11)20-14/h4-6H,2-3,15H2,1H3,(H3,16,17,18,19,20). The Kier molecular flexibility index (Phi) is 3.15. The van der Waals surface area contributed by atoms with Crippen molar-refractivity contribution in [3.8, 4) is 5.75 Å². The number of aromatic amines is 1. The van der Waals surface area contributed by atoms with Crippen LogP contribution in [0.2, 0.25) is 0 Å². The molecule has 0 amide bonds. The predicted octanol–water partition coefficient (Wildman–Crippen LogP) is 1.50. The van der Waals surface area contributed by atoms with Crippen LogP contribution in [0.1, 0.15) is 0 Å². The molecule has 0 aliphatic carbocycles. The number of nitrogens with one attached hydrogen (secondary N) is 1. The summed E-state index contributed by atoms with van der Waals surface area (Å²) in [4.78, 5) is 18.6. The van der Waals surface area contributed by atoms with Gasteiger partial charge in [-0.1, -0.05) is 0 Å². The van der Waals surface area contributed by atoms with E-state index in [-0.39, 0.29) is 0 Å². The number of ether oxygens (including phenoxy) is 1. The molecular weight excluding hydrogens is 314 g/mol. The zero-order valence-corrected chi connectivity index (χ0v) is 13.2. The molecule has 3 heterocycles. The highest BCUT2D eigenvalue weighted by atomic mass is 32.2. The van der Waals surface area contributed by atoms with Crippen LogP contribution in [-0.2, 0) is 0 Å². The van der Waals surface area contributed by atoms with Gasteiger partial charge in [0.05, 0.1) is 12.2 Å². The molecule has 0 bridgehead atoms. The Morgan fingerprint density at radius 1 is 1.30 bits per heavy atom. The van der Waals surface area contributed by atoms with Crippen LogP contribution in [0, 0.1) is 0 Å². The van der Waals surface area contributed by atoms with Crippen LogP contribution in [0.25, 0.3) is 11.2 Å². The molecule has 23 heavy (non-hydrogen) atoms. The molecule has 8 nitrogen and oxygen atoms in total. The summed E-state index contributed by atoms with van der Waals surface area (Å²) in [5, 5.41) is 0.656. The van der Waals surface area contributed by atoms with Crippen molar-refractivity contribution >= 4 is 40.1 Å². The van der Waals surface area contributed by atoms with Gasteiger partial charge in [0.15, 0.2) is 22.1 Å². The summed E-state index contributed by atoms with van der Waals surface area (Å²) in [6, 6.07) is 3.86. The summed E-state index contributed by atoms with van der Waals surface area (Å²) in [6.07, 6.45) is 1.40. The maximum atomic E-state index is 6.18. The lowest BCUT2D eigenvalue weighted by atomic mass is 10.2. The molecule has 1 aromatic carbocycles. The van der Waals surface area contributed by atoms with Gasteiger partial charge in [-0.3, -0.25) is 0 Å². The first-order valence-electron chi connectivity index (χ1n) is 7.03. The summed E-state index contributed by atoms with van der Waals surface area (Å²) in [6.45, 7) is 1.51. The normalized spacial score (nSPS) is 13.9. The second-order valence-electron chi connectivity index (χ2n) is 5.23. The second kappa shape index (κ2) is 5.20. The number of anilines is 3. The summed E-state index contributed by atoms with van der Waals surface area (Å²) >= 11 is 1.41. The number of hydrogen-bond donors (Lipinski definition) is 3. The van der Waals surface area contributed by atoms with Gasteiger partial charge in [0, 0.05) is 17.6 Å². The monoisotopic (exact) mass is 329 g/mol. The van der Waals surface area contributed by atoms with E-state index >= 15 is 0 Å². The van der Waals surface area contributed by atoms with Crippen molar-refractivity contribution in [2.24, 2.45) is 0 Å². The Morgan fingerprint density at radius 2 is 2.17 bits per heavy atom. The maximum Gasteiger partial charge on any atom is 0.172 e. The van der Waals surface area contributed by atoms with E-state index in [2.05, 4.69) is 24.8 Å². The molecule has 1 aliphatic heterocycles. The number of nitrogens with zero attached hydrogens (tertiary/aromatic N) is 4. The molecule has 0 atom stereocenters. The fraction of sp³-hybridized carbons (Fsp3) is 0.214. The quantitative estimate of drug-likeness (QED) is 0.605. The predicted molar refractivity (Wildman–Crippen MR) is 89.8 cm³/mol. The highest BCUT2D eigenvalue weighted by Gasteiger charge is 2.18. The van der Waals surface area contributed by atoms with Gasteiger partial charge < -0.3 is 26.1 Å². The van der Waals surface area contributed by atoms with Crippen molar-refractivity contribution in [2.75, 3.05) is 36.6 Å². The Balaban J connectivity index is 1.71. The number of nitrogens with two attached hydrogens (primary N) is 2. The first-order chi connectivity index (χ1) is 11.1. The highest BCUT2D eigenvalue weighted by molar-refractivity contribution is 7.99. The van der Waals surface area contributed by atoms with E-state index in [1.54, 1.807) is 0 Å². The Hall–Kier alpha value is -2.68. The first kappa shape index (κ1) is 13.9. The smallest absolute Gasteiger partial charge is 0.172 e. The van der Waals surface area contributed by atoms with Gasteiger partial charge in [0.25, 0.3) is 0 Å². The molecule has 9 heteroatoms. The summed E-state index contributed by atoms with van der Waals surface area (Å²) in [7, 11) is 2.02. The number of likely N-dealkylation sites (N-methyl/N-ethyl adjacent to an activating group) is 1. The van der Waals surface area contributed by atoms with E-state index in [4.69, 9.17) is 16.2 Å². The van der Waals surface area contributed by atoms with Crippen LogP contribution < -0.4 is 21.1 Å². The van der Waals surface area contributed by atoms with E-state index in [0.29, 0.717) is 34.4 Å². The van der Waals surface area contributed by atoms with E-state index in [0.717, 1.165) is 22.9 Å². The number of benzene rings is 1. The zero-order chi connectivity index (χ0) is 16.0. The van der Waals surface area contributed by atoms with Crippen molar-refractivity contribution in [2.45, 2.75) is 10.1 Å². The number of nitrogen functional groups attached to an aromatic ring is 2. The average Bonchev–Trinajstić information content (AvgIpc) is 2.93. The largest absolute Gasteiger partial charge is 0.490 e. The van der Waals surface area contributed by atoms with Crippen LogP contribution in [0.4, 0.5) is 17.2 Å². The van der Waals surface area contributed by atoms with E-state index in [1.807, 2.05) is 19.2 Å². The van der Waals surface area contributed by atoms with Gasteiger partial charge in [-0.25, -0.2) is 15.0 Å². The Bertz CT molecular complexity index is 894. The lowest BCUT2D eigenvalue weighted by Gasteiger charge is -2.28. The topological polar surface area (TPSA) is 119 Å². The molecule has 1 aliphatic rings. The van der Waals surface area contributed by atoms with Gasteiger partial charge in [-0.05, 0) is 23.9 Å². The molecule has 0 spiro atoms. The maximum absolute atomic E-state index is 6.18. The van der Waals surface area contributed by atoms with Crippen molar-refractivity contribution in [3.05, 3.63) is 18.5 Å². The third-order valence-electron chi connectivity index (χ3n) is 3.68. The number of aromatic nitrogens is 4. The molecule has 0 saturated carbocycles. The van der Waals surface area contributed by atoms with Crippen molar-refractivity contribution in [3.63, 3.8) is 0 Å². The second-order valence-corrected chi connectivity index (χ2v) is 6.26. The van der Waals surface area contributed by atoms with Gasteiger partial charge in [-0.2, -0.15) is 0 Å². The molecule has 0 unspecified atom stereocenters. The number of rotatable bonds is 2. The zero-order valence-electron chi connectivity index (χ0n) is 12.4. The average molecular weight is 329 g/mol. The van der Waals surface area contributed by atoms with Crippen molar-refractivity contribution < 1.29 is 4.74 Å². The Labute approximate surface area is 136 Å². The number of imidazole rings is 1. The molecule has 5 N–H and O–H groups in total. The Morgan fingerprint density at radius 3 is 3.00 bits per heavy atom. The van der Waals surface area contributed by atoms with Crippen LogP contribution in [0.15, 0.2) is 28.5 Å². The molecule has 0 fully saturated rings. The third kappa shape index (κ3) is 2.38. The molecule has 118 valence electrons. The molecule has 3 aromatic rings. The van der Waals surface area contributed by atoms with Gasteiger partial charge in [-0.15, -0.1) is 0 Å².